The van der Waals surface area contributed by atoms with Crippen LogP contribution in [0.5, 0.6) is 0 Å². The summed E-state index contributed by atoms with van der Waals surface area (Å²) < 4.78 is 13.4. The van der Waals surface area contributed by atoms with Crippen LogP contribution in [0.3, 0.4) is 0 Å². The lowest BCUT2D eigenvalue weighted by molar-refractivity contribution is -0.133. The molecule has 1 heterocycles. The van der Waals surface area contributed by atoms with Crippen molar-refractivity contribution in [2.24, 2.45) is 0 Å². The molecule has 1 aliphatic rings. The average molecular weight is 311 g/mol. The summed E-state index contributed by atoms with van der Waals surface area (Å²) in [5.41, 5.74) is 1.76. The molecule has 1 aliphatic heterocycles. The SMILES string of the molecule is Cc1ccc(/C(O)=C2\C(=O)C(=O)NC2c2cccc(F)c2)cc1. The second-order valence-electron chi connectivity index (χ2n) is 5.42. The van der Waals surface area contributed by atoms with E-state index in [1.54, 1.807) is 30.3 Å². The van der Waals surface area contributed by atoms with E-state index in [4.69, 9.17) is 0 Å². The van der Waals surface area contributed by atoms with Crippen molar-refractivity contribution in [3.63, 3.8) is 0 Å². The maximum absolute atomic E-state index is 13.4. The molecule has 2 aromatic rings. The smallest absolute Gasteiger partial charge is 0.293 e. The van der Waals surface area contributed by atoms with Crippen LogP contribution in [-0.4, -0.2) is 16.8 Å². The molecule has 0 bridgehead atoms. The molecular weight excluding hydrogens is 297 g/mol. The molecule has 1 unspecified atom stereocenters. The molecule has 0 aromatic heterocycles. The summed E-state index contributed by atoms with van der Waals surface area (Å²) in [6, 6.07) is 11.6. The van der Waals surface area contributed by atoms with Gasteiger partial charge in [0.1, 0.15) is 11.6 Å². The Morgan fingerprint density at radius 2 is 1.83 bits per heavy atom. The van der Waals surface area contributed by atoms with Crippen LogP contribution in [0.4, 0.5) is 4.39 Å². The summed E-state index contributed by atoms with van der Waals surface area (Å²) in [5, 5.41) is 13.0. The Morgan fingerprint density at radius 3 is 2.48 bits per heavy atom. The highest BCUT2D eigenvalue weighted by molar-refractivity contribution is 6.46. The molecule has 1 saturated heterocycles. The Morgan fingerprint density at radius 1 is 1.13 bits per heavy atom. The number of aryl methyl sites for hydroxylation is 1. The van der Waals surface area contributed by atoms with Gasteiger partial charge in [0, 0.05) is 5.56 Å². The van der Waals surface area contributed by atoms with Crippen molar-refractivity contribution in [2.45, 2.75) is 13.0 Å². The van der Waals surface area contributed by atoms with Crippen molar-refractivity contribution in [2.75, 3.05) is 0 Å². The summed E-state index contributed by atoms with van der Waals surface area (Å²) in [6.07, 6.45) is 0. The number of Topliss-reactive ketones (excluding diaryl/α,β-unsaturated/α-hetero) is 1. The fraction of sp³-hybridized carbons (Fsp3) is 0.111. The van der Waals surface area contributed by atoms with E-state index in [1.807, 2.05) is 6.92 Å². The molecule has 0 spiro atoms. The van der Waals surface area contributed by atoms with Crippen molar-refractivity contribution in [3.05, 3.63) is 76.6 Å². The number of hydrogen-bond acceptors (Lipinski definition) is 3. The third kappa shape index (κ3) is 2.73. The first-order chi connectivity index (χ1) is 11.0. The Hall–Kier alpha value is -2.95. The van der Waals surface area contributed by atoms with Crippen LogP contribution in [0.25, 0.3) is 5.76 Å². The number of benzene rings is 2. The maximum atomic E-state index is 13.4. The zero-order valence-corrected chi connectivity index (χ0v) is 12.3. The fourth-order valence-electron chi connectivity index (χ4n) is 2.57. The highest BCUT2D eigenvalue weighted by Gasteiger charge is 2.39. The van der Waals surface area contributed by atoms with Crippen LogP contribution in [0.2, 0.25) is 0 Å². The van der Waals surface area contributed by atoms with Crippen LogP contribution in [-0.2, 0) is 9.59 Å². The molecule has 2 aromatic carbocycles. The minimum Gasteiger partial charge on any atom is -0.507 e. The van der Waals surface area contributed by atoms with Crippen LogP contribution >= 0.6 is 0 Å². The Bertz CT molecular complexity index is 824. The Labute approximate surface area is 132 Å². The largest absolute Gasteiger partial charge is 0.507 e. The van der Waals surface area contributed by atoms with E-state index in [2.05, 4.69) is 5.32 Å². The summed E-state index contributed by atoms with van der Waals surface area (Å²) in [6.45, 7) is 1.90. The summed E-state index contributed by atoms with van der Waals surface area (Å²) in [7, 11) is 0. The fourth-order valence-corrected chi connectivity index (χ4v) is 2.57. The van der Waals surface area contributed by atoms with Gasteiger partial charge in [-0.1, -0.05) is 42.0 Å². The molecule has 1 atom stereocenters. The second kappa shape index (κ2) is 5.68. The number of carbonyl (C=O) groups is 2. The van der Waals surface area contributed by atoms with Crippen LogP contribution in [0.1, 0.15) is 22.7 Å². The van der Waals surface area contributed by atoms with Crippen LogP contribution in [0.15, 0.2) is 54.1 Å². The van der Waals surface area contributed by atoms with E-state index < -0.39 is 23.5 Å². The van der Waals surface area contributed by atoms with E-state index in [1.165, 1.54) is 18.2 Å². The lowest BCUT2D eigenvalue weighted by atomic mass is 9.95. The molecule has 23 heavy (non-hydrogen) atoms. The van der Waals surface area contributed by atoms with Crippen molar-refractivity contribution < 1.29 is 19.1 Å². The van der Waals surface area contributed by atoms with Crippen molar-refractivity contribution in [1.29, 1.82) is 0 Å². The predicted molar refractivity (Wildman–Crippen MR) is 83.0 cm³/mol. The van der Waals surface area contributed by atoms with Crippen LogP contribution < -0.4 is 5.32 Å². The standard InChI is InChI=1S/C18H14FNO3/c1-10-5-7-11(8-6-10)16(21)14-15(20-18(23)17(14)22)12-3-2-4-13(19)9-12/h2-9,15,21H,1H3,(H,20,23)/b16-14+. The van der Waals surface area contributed by atoms with Crippen molar-refractivity contribution >= 4 is 17.4 Å². The Balaban J connectivity index is 2.12. The molecule has 3 rings (SSSR count). The average Bonchev–Trinajstić information content (AvgIpc) is 2.83. The van der Waals surface area contributed by atoms with Crippen molar-refractivity contribution in [3.8, 4) is 0 Å². The molecule has 116 valence electrons. The van der Waals surface area contributed by atoms with Gasteiger partial charge < -0.3 is 10.4 Å². The first kappa shape index (κ1) is 15.0. The summed E-state index contributed by atoms with van der Waals surface area (Å²) in [5.74, 6) is -2.38. The monoisotopic (exact) mass is 311 g/mol. The molecule has 4 nitrogen and oxygen atoms in total. The molecule has 0 aliphatic carbocycles. The normalized spacial score (nSPS) is 19.7. The van der Waals surface area contributed by atoms with Gasteiger partial charge in [0.25, 0.3) is 11.7 Å². The lowest BCUT2D eigenvalue weighted by Gasteiger charge is -2.13. The van der Waals surface area contributed by atoms with Gasteiger partial charge >= 0.3 is 0 Å². The third-order valence-corrected chi connectivity index (χ3v) is 3.78. The molecule has 2 N–H and O–H groups in total. The van der Waals surface area contributed by atoms with Gasteiger partial charge in [-0.2, -0.15) is 0 Å². The summed E-state index contributed by atoms with van der Waals surface area (Å²) in [4.78, 5) is 23.9. The second-order valence-corrected chi connectivity index (χ2v) is 5.42. The molecule has 0 radical (unpaired) electrons. The Kier molecular flexibility index (Phi) is 3.70. The van der Waals surface area contributed by atoms with Gasteiger partial charge in [-0.15, -0.1) is 0 Å². The minimum absolute atomic E-state index is 0.0653. The maximum Gasteiger partial charge on any atom is 0.293 e. The zero-order valence-electron chi connectivity index (χ0n) is 12.3. The quantitative estimate of drug-likeness (QED) is 0.509. The number of rotatable bonds is 2. The zero-order chi connectivity index (χ0) is 16.6. The predicted octanol–water partition coefficient (Wildman–Crippen LogP) is 2.84. The molecule has 0 saturated carbocycles. The number of carbonyl (C=O) groups excluding carboxylic acids is 2. The van der Waals surface area contributed by atoms with Crippen LogP contribution in [0, 0.1) is 12.7 Å². The number of aliphatic hydroxyl groups excluding tert-OH is 1. The summed E-state index contributed by atoms with van der Waals surface area (Å²) >= 11 is 0. The first-order valence-corrected chi connectivity index (χ1v) is 7.08. The lowest BCUT2D eigenvalue weighted by Crippen LogP contribution is -2.21. The van der Waals surface area contributed by atoms with Gasteiger partial charge in [0.15, 0.2) is 0 Å². The van der Waals surface area contributed by atoms with Gasteiger partial charge in [-0.25, -0.2) is 4.39 Å². The topological polar surface area (TPSA) is 66.4 Å². The van der Waals surface area contributed by atoms with Gasteiger partial charge in [-0.05, 0) is 24.6 Å². The van der Waals surface area contributed by atoms with Gasteiger partial charge in [-0.3, -0.25) is 9.59 Å². The first-order valence-electron chi connectivity index (χ1n) is 7.08. The van der Waals surface area contributed by atoms with Gasteiger partial charge in [0.2, 0.25) is 0 Å². The van der Waals surface area contributed by atoms with E-state index in [9.17, 15) is 19.1 Å². The van der Waals surface area contributed by atoms with E-state index in [0.29, 0.717) is 11.1 Å². The van der Waals surface area contributed by atoms with E-state index >= 15 is 0 Å². The minimum atomic E-state index is -0.869. The molecular formula is C18H14FNO3. The van der Waals surface area contributed by atoms with Gasteiger partial charge in [0.05, 0.1) is 11.6 Å². The van der Waals surface area contributed by atoms with E-state index in [0.717, 1.165) is 5.56 Å². The third-order valence-electron chi connectivity index (χ3n) is 3.78. The molecule has 5 heteroatoms. The number of halogens is 1. The highest BCUT2D eigenvalue weighted by Crippen LogP contribution is 2.33. The van der Waals surface area contributed by atoms with E-state index in [-0.39, 0.29) is 11.3 Å². The number of ketones is 1. The number of amides is 1. The molecule has 1 amide bonds. The highest BCUT2D eigenvalue weighted by atomic mass is 19.1. The number of aliphatic hydroxyl groups is 1. The van der Waals surface area contributed by atoms with Crippen molar-refractivity contribution in [1.82, 2.24) is 5.32 Å². The molecule has 1 fully saturated rings. The number of hydrogen-bond donors (Lipinski definition) is 2. The number of nitrogens with one attached hydrogen (secondary N) is 1.